The normalized spacial score (nSPS) is 15.8. The highest BCUT2D eigenvalue weighted by Gasteiger charge is 2.34. The van der Waals surface area contributed by atoms with Crippen LogP contribution in [-0.4, -0.2) is 50.0 Å². The smallest absolute Gasteiger partial charge is 0.293 e. The molecule has 25 heavy (non-hydrogen) atoms. The Morgan fingerprint density at radius 1 is 1.32 bits per heavy atom. The second-order valence-corrected chi connectivity index (χ2v) is 6.81. The minimum absolute atomic E-state index is 0.236. The Balaban J connectivity index is 2.28. The maximum Gasteiger partial charge on any atom is 0.293 e. The number of rotatable bonds is 8. The van der Waals surface area contributed by atoms with Crippen molar-refractivity contribution in [3.8, 4) is 11.5 Å². The first-order valence-electron chi connectivity index (χ1n) is 7.37. The lowest BCUT2D eigenvalue weighted by atomic mass is 10.2. The van der Waals surface area contributed by atoms with E-state index in [4.69, 9.17) is 14.2 Å². The molecule has 1 heterocycles. The molecule has 0 aliphatic carbocycles. The van der Waals surface area contributed by atoms with Crippen molar-refractivity contribution in [2.24, 2.45) is 0 Å². The van der Waals surface area contributed by atoms with Crippen LogP contribution < -0.4 is 9.47 Å². The van der Waals surface area contributed by atoms with Crippen LogP contribution in [0.1, 0.15) is 5.56 Å². The molecule has 1 aliphatic heterocycles. The molecule has 2 amide bonds. The monoisotopic (exact) mass is 427 g/mol. The topological polar surface area (TPSA) is 65.1 Å². The van der Waals surface area contributed by atoms with Gasteiger partial charge in [0.2, 0.25) is 0 Å². The van der Waals surface area contributed by atoms with Crippen LogP contribution in [0, 0.1) is 0 Å². The summed E-state index contributed by atoms with van der Waals surface area (Å²) in [5, 5.41) is -0.301. The van der Waals surface area contributed by atoms with E-state index in [1.54, 1.807) is 24.3 Å². The summed E-state index contributed by atoms with van der Waals surface area (Å²) in [5.41, 5.74) is 0.715. The number of imide groups is 1. The lowest BCUT2D eigenvalue weighted by Gasteiger charge is -2.12. The molecule has 0 radical (unpaired) electrons. The molecule has 1 aromatic carbocycles. The molecule has 0 bridgehead atoms. The van der Waals surface area contributed by atoms with Crippen LogP contribution in [0.5, 0.6) is 11.5 Å². The lowest BCUT2D eigenvalue weighted by Crippen LogP contribution is -2.31. The Kier molecular flexibility index (Phi) is 7.10. The molecule has 0 spiro atoms. The predicted molar refractivity (Wildman–Crippen MR) is 101 cm³/mol. The molecule has 1 fully saturated rings. The van der Waals surface area contributed by atoms with E-state index in [0.29, 0.717) is 39.7 Å². The van der Waals surface area contributed by atoms with Crippen LogP contribution in [-0.2, 0) is 9.53 Å². The highest BCUT2D eigenvalue weighted by atomic mass is 79.9. The average Bonchev–Trinajstić information content (AvgIpc) is 2.85. The van der Waals surface area contributed by atoms with Gasteiger partial charge in [0.25, 0.3) is 11.1 Å². The van der Waals surface area contributed by atoms with Gasteiger partial charge in [-0.05, 0) is 51.5 Å². The maximum atomic E-state index is 12.4. The molecule has 1 aromatic rings. The molecule has 8 heteroatoms. The van der Waals surface area contributed by atoms with E-state index in [-0.39, 0.29) is 17.7 Å². The Labute approximate surface area is 158 Å². The zero-order valence-corrected chi connectivity index (χ0v) is 16.3. The fourth-order valence-electron chi connectivity index (χ4n) is 2.13. The Morgan fingerprint density at radius 3 is 2.72 bits per heavy atom. The first kappa shape index (κ1) is 19.6. The zero-order chi connectivity index (χ0) is 18.4. The number of amides is 2. The number of carbonyl (C=O) groups is 2. The first-order chi connectivity index (χ1) is 12.0. The number of hydrogen-bond donors (Lipinski definition) is 0. The fraction of sp³-hybridized carbons (Fsp3) is 0.294. The van der Waals surface area contributed by atoms with E-state index in [1.165, 1.54) is 19.1 Å². The van der Waals surface area contributed by atoms with E-state index >= 15 is 0 Å². The van der Waals surface area contributed by atoms with Gasteiger partial charge in [0.15, 0.2) is 11.5 Å². The minimum Gasteiger partial charge on any atom is -0.493 e. The number of thioether (sulfide) groups is 1. The van der Waals surface area contributed by atoms with Gasteiger partial charge in [0, 0.05) is 7.11 Å². The SMILES string of the molecule is C=CCOc1c(Br)cc(/C=C2/SC(=O)N(CCOC)C2=O)cc1OC. The largest absolute Gasteiger partial charge is 0.493 e. The molecular formula is C17H18BrNO5S. The molecule has 0 aromatic heterocycles. The molecule has 134 valence electrons. The van der Waals surface area contributed by atoms with Crippen LogP contribution >= 0.6 is 27.7 Å². The molecular weight excluding hydrogens is 410 g/mol. The number of nitrogens with zero attached hydrogens (tertiary/aromatic N) is 1. The first-order valence-corrected chi connectivity index (χ1v) is 8.98. The number of carbonyl (C=O) groups excluding carboxylic acids is 2. The van der Waals surface area contributed by atoms with Crippen molar-refractivity contribution in [2.75, 3.05) is 34.0 Å². The van der Waals surface area contributed by atoms with Crippen molar-refractivity contribution in [1.82, 2.24) is 4.90 Å². The van der Waals surface area contributed by atoms with Crippen molar-refractivity contribution in [3.05, 3.63) is 39.7 Å². The summed E-state index contributed by atoms with van der Waals surface area (Å²) in [4.78, 5) is 25.8. The number of benzene rings is 1. The Morgan fingerprint density at radius 2 is 2.08 bits per heavy atom. The number of methoxy groups -OCH3 is 2. The molecule has 0 atom stereocenters. The van der Waals surface area contributed by atoms with E-state index in [0.717, 1.165) is 11.8 Å². The van der Waals surface area contributed by atoms with Crippen molar-refractivity contribution in [3.63, 3.8) is 0 Å². The quantitative estimate of drug-likeness (QED) is 0.465. The third-order valence-electron chi connectivity index (χ3n) is 3.29. The summed E-state index contributed by atoms with van der Waals surface area (Å²) in [5.74, 6) is 0.739. The Bertz CT molecular complexity index is 719. The third-order valence-corrected chi connectivity index (χ3v) is 4.78. The van der Waals surface area contributed by atoms with Crippen LogP contribution in [0.4, 0.5) is 4.79 Å². The fourth-order valence-corrected chi connectivity index (χ4v) is 3.57. The van der Waals surface area contributed by atoms with E-state index in [9.17, 15) is 9.59 Å². The second-order valence-electron chi connectivity index (χ2n) is 4.96. The van der Waals surface area contributed by atoms with Gasteiger partial charge in [0.05, 0.1) is 29.6 Å². The third kappa shape index (κ3) is 4.65. The van der Waals surface area contributed by atoms with Gasteiger partial charge in [-0.3, -0.25) is 14.5 Å². The van der Waals surface area contributed by atoms with Crippen molar-refractivity contribution >= 4 is 44.9 Å². The van der Waals surface area contributed by atoms with E-state index in [1.807, 2.05) is 0 Å². The maximum absolute atomic E-state index is 12.4. The summed E-state index contributed by atoms with van der Waals surface area (Å²) in [6, 6.07) is 3.54. The summed E-state index contributed by atoms with van der Waals surface area (Å²) < 4.78 is 16.5. The molecule has 6 nitrogen and oxygen atoms in total. The summed E-state index contributed by atoms with van der Waals surface area (Å²) in [7, 11) is 3.06. The lowest BCUT2D eigenvalue weighted by molar-refractivity contribution is -0.123. The predicted octanol–water partition coefficient (Wildman–Crippen LogP) is 3.71. The van der Waals surface area contributed by atoms with Crippen molar-refractivity contribution in [1.29, 1.82) is 0 Å². The Hall–Kier alpha value is -1.77. The van der Waals surface area contributed by atoms with Crippen LogP contribution in [0.2, 0.25) is 0 Å². The number of ether oxygens (including phenoxy) is 3. The summed E-state index contributed by atoms with van der Waals surface area (Å²) in [6.45, 7) is 4.50. The van der Waals surface area contributed by atoms with E-state index in [2.05, 4.69) is 22.5 Å². The van der Waals surface area contributed by atoms with Crippen LogP contribution in [0.3, 0.4) is 0 Å². The minimum atomic E-state index is -0.325. The van der Waals surface area contributed by atoms with Gasteiger partial charge in [-0.15, -0.1) is 0 Å². The molecule has 1 saturated heterocycles. The highest BCUT2D eigenvalue weighted by molar-refractivity contribution is 9.10. The second kappa shape index (κ2) is 9.07. The number of hydrogen-bond acceptors (Lipinski definition) is 6. The van der Waals surface area contributed by atoms with Crippen LogP contribution in [0.15, 0.2) is 34.2 Å². The molecule has 0 unspecified atom stereocenters. The van der Waals surface area contributed by atoms with Gasteiger partial charge in [0.1, 0.15) is 6.61 Å². The van der Waals surface area contributed by atoms with Gasteiger partial charge < -0.3 is 14.2 Å². The average molecular weight is 428 g/mol. The standard InChI is InChI=1S/C17H18BrNO5S/c1-4-6-24-15-12(18)8-11(9-13(15)23-3)10-14-16(20)19(5-7-22-2)17(21)25-14/h4,8-10H,1,5-7H2,2-3H3/b14-10+. The summed E-state index contributed by atoms with van der Waals surface area (Å²) in [6.07, 6.45) is 3.29. The molecule has 1 aliphatic rings. The van der Waals surface area contributed by atoms with Gasteiger partial charge in [-0.2, -0.15) is 0 Å². The zero-order valence-electron chi connectivity index (χ0n) is 13.9. The van der Waals surface area contributed by atoms with Crippen molar-refractivity contribution < 1.29 is 23.8 Å². The molecule has 0 N–H and O–H groups in total. The number of halogens is 1. The highest BCUT2D eigenvalue weighted by Crippen LogP contribution is 2.39. The summed E-state index contributed by atoms with van der Waals surface area (Å²) >= 11 is 4.34. The van der Waals surface area contributed by atoms with Crippen LogP contribution in [0.25, 0.3) is 6.08 Å². The van der Waals surface area contributed by atoms with Gasteiger partial charge in [-0.25, -0.2) is 0 Å². The van der Waals surface area contributed by atoms with E-state index < -0.39 is 0 Å². The van der Waals surface area contributed by atoms with Gasteiger partial charge >= 0.3 is 0 Å². The van der Waals surface area contributed by atoms with Crippen molar-refractivity contribution in [2.45, 2.75) is 0 Å². The molecule has 0 saturated carbocycles. The van der Waals surface area contributed by atoms with Gasteiger partial charge in [-0.1, -0.05) is 12.7 Å². The molecule has 2 rings (SSSR count).